The Kier molecular flexibility index (Phi) is 4.88. The van der Waals surface area contributed by atoms with Crippen molar-refractivity contribution in [2.24, 2.45) is 0 Å². The normalized spacial score (nSPS) is 13.7. The summed E-state index contributed by atoms with van der Waals surface area (Å²) in [6.45, 7) is 4.76. The molecule has 1 aliphatic rings. The Balaban J connectivity index is 1.16. The maximum Gasteiger partial charge on any atom is 0.0159 e. The number of hydrogen-bond acceptors (Lipinski definition) is 0. The quantitative estimate of drug-likeness (QED) is 0.181. The van der Waals surface area contributed by atoms with Crippen LogP contribution < -0.4 is 0 Å². The van der Waals surface area contributed by atoms with Crippen LogP contribution in [0.1, 0.15) is 25.0 Å². The second-order valence-corrected chi connectivity index (χ2v) is 13.3. The van der Waals surface area contributed by atoms with E-state index in [2.05, 4.69) is 159 Å². The predicted molar refractivity (Wildman–Crippen MR) is 194 cm³/mol. The van der Waals surface area contributed by atoms with Gasteiger partial charge in [-0.05, 0) is 123 Å². The van der Waals surface area contributed by atoms with Crippen molar-refractivity contribution in [2.75, 3.05) is 0 Å². The van der Waals surface area contributed by atoms with E-state index in [1.165, 1.54) is 98.4 Å². The van der Waals surface area contributed by atoms with Crippen LogP contribution in [0.15, 0.2) is 146 Å². The summed E-state index contributed by atoms with van der Waals surface area (Å²) in [6, 6.07) is 54.8. The van der Waals surface area contributed by atoms with Gasteiger partial charge in [-0.2, -0.15) is 0 Å². The van der Waals surface area contributed by atoms with E-state index in [-0.39, 0.29) is 5.41 Å². The van der Waals surface area contributed by atoms with Gasteiger partial charge in [0.25, 0.3) is 0 Å². The topological polar surface area (TPSA) is 0 Å². The highest BCUT2D eigenvalue weighted by Gasteiger charge is 2.36. The molecule has 0 amide bonds. The molecule has 0 N–H and O–H groups in total. The molecule has 0 spiro atoms. The molecule has 10 rings (SSSR count). The van der Waals surface area contributed by atoms with Gasteiger partial charge in [0.2, 0.25) is 0 Å². The summed E-state index contributed by atoms with van der Waals surface area (Å²) in [5, 5.41) is 13.1. The van der Waals surface area contributed by atoms with E-state index in [0.717, 1.165) is 0 Å². The fraction of sp³-hybridized carbons (Fsp3) is 0.0667. The van der Waals surface area contributed by atoms with Crippen LogP contribution in [0.2, 0.25) is 0 Å². The fourth-order valence-corrected chi connectivity index (χ4v) is 8.27. The SMILES string of the molecule is CC1(C)c2cc(-c3cccc4ccc(-c5ccc6ccc7cccc8ccc5c6c78)cc34)ccc2-c2cc3ccccc3cc21. The van der Waals surface area contributed by atoms with Crippen molar-refractivity contribution < 1.29 is 0 Å². The third-order valence-electron chi connectivity index (χ3n) is 10.6. The molecular formula is C45H30. The fourth-order valence-electron chi connectivity index (χ4n) is 8.27. The molecular weight excluding hydrogens is 540 g/mol. The summed E-state index contributed by atoms with van der Waals surface area (Å²) >= 11 is 0. The Morgan fingerprint density at radius 1 is 0.333 bits per heavy atom. The van der Waals surface area contributed by atoms with Crippen LogP contribution in [0.3, 0.4) is 0 Å². The maximum absolute atomic E-state index is 2.46. The second-order valence-electron chi connectivity index (χ2n) is 13.3. The molecule has 0 bridgehead atoms. The largest absolute Gasteiger partial charge is 0.0616 e. The van der Waals surface area contributed by atoms with Crippen molar-refractivity contribution in [1.82, 2.24) is 0 Å². The van der Waals surface area contributed by atoms with Crippen LogP contribution in [0, 0.1) is 0 Å². The average molecular weight is 571 g/mol. The van der Waals surface area contributed by atoms with Gasteiger partial charge in [0.15, 0.2) is 0 Å². The highest BCUT2D eigenvalue weighted by molar-refractivity contribution is 6.25. The molecule has 0 heterocycles. The monoisotopic (exact) mass is 570 g/mol. The first-order valence-corrected chi connectivity index (χ1v) is 15.9. The molecule has 0 saturated carbocycles. The Morgan fingerprint density at radius 2 is 0.889 bits per heavy atom. The van der Waals surface area contributed by atoms with Crippen LogP contribution in [0.25, 0.3) is 87.2 Å². The van der Waals surface area contributed by atoms with E-state index in [0.29, 0.717) is 0 Å². The van der Waals surface area contributed by atoms with Crippen molar-refractivity contribution in [3.05, 3.63) is 157 Å². The van der Waals surface area contributed by atoms with Gasteiger partial charge in [-0.15, -0.1) is 0 Å². The van der Waals surface area contributed by atoms with Gasteiger partial charge in [-0.1, -0.05) is 135 Å². The molecule has 0 saturated heterocycles. The lowest BCUT2D eigenvalue weighted by Gasteiger charge is -2.22. The van der Waals surface area contributed by atoms with Gasteiger partial charge in [0.05, 0.1) is 0 Å². The number of hydrogen-bond donors (Lipinski definition) is 0. The molecule has 9 aromatic carbocycles. The Bertz CT molecular complexity index is 2650. The number of benzene rings is 9. The molecule has 0 aromatic heterocycles. The molecule has 0 nitrogen and oxygen atoms in total. The molecule has 9 aromatic rings. The minimum atomic E-state index is -0.0673. The maximum atomic E-state index is 2.46. The van der Waals surface area contributed by atoms with E-state index >= 15 is 0 Å². The minimum absolute atomic E-state index is 0.0673. The summed E-state index contributed by atoms with van der Waals surface area (Å²) in [5.41, 5.74) is 10.6. The van der Waals surface area contributed by atoms with E-state index in [1.54, 1.807) is 0 Å². The summed E-state index contributed by atoms with van der Waals surface area (Å²) in [6.07, 6.45) is 0. The number of rotatable bonds is 2. The average Bonchev–Trinajstić information content (AvgIpc) is 3.30. The van der Waals surface area contributed by atoms with Gasteiger partial charge in [0, 0.05) is 5.41 Å². The third kappa shape index (κ3) is 3.43. The number of fused-ring (bicyclic) bond motifs is 5. The van der Waals surface area contributed by atoms with Gasteiger partial charge >= 0.3 is 0 Å². The smallest absolute Gasteiger partial charge is 0.0159 e. The van der Waals surface area contributed by atoms with Crippen molar-refractivity contribution in [3.63, 3.8) is 0 Å². The molecule has 45 heavy (non-hydrogen) atoms. The lowest BCUT2D eigenvalue weighted by molar-refractivity contribution is 0.661. The second kappa shape index (κ2) is 8.80. The summed E-state index contributed by atoms with van der Waals surface area (Å²) < 4.78 is 0. The zero-order valence-electron chi connectivity index (χ0n) is 25.4. The van der Waals surface area contributed by atoms with Crippen molar-refractivity contribution in [3.8, 4) is 33.4 Å². The molecule has 0 atom stereocenters. The predicted octanol–water partition coefficient (Wildman–Crippen LogP) is 12.5. The van der Waals surface area contributed by atoms with Crippen LogP contribution >= 0.6 is 0 Å². The summed E-state index contributed by atoms with van der Waals surface area (Å²) in [5.74, 6) is 0. The van der Waals surface area contributed by atoms with E-state index < -0.39 is 0 Å². The van der Waals surface area contributed by atoms with Gasteiger partial charge in [-0.3, -0.25) is 0 Å². The van der Waals surface area contributed by atoms with Crippen LogP contribution in [-0.2, 0) is 5.41 Å². The molecule has 0 radical (unpaired) electrons. The zero-order valence-corrected chi connectivity index (χ0v) is 25.4. The highest BCUT2D eigenvalue weighted by atomic mass is 14.4. The highest BCUT2D eigenvalue weighted by Crippen LogP contribution is 2.51. The van der Waals surface area contributed by atoms with Gasteiger partial charge < -0.3 is 0 Å². The Labute approximate surface area is 262 Å². The van der Waals surface area contributed by atoms with Crippen LogP contribution in [0.5, 0.6) is 0 Å². The molecule has 1 aliphatic carbocycles. The van der Waals surface area contributed by atoms with Crippen molar-refractivity contribution >= 4 is 53.9 Å². The first-order chi connectivity index (χ1) is 22.0. The van der Waals surface area contributed by atoms with E-state index in [1.807, 2.05) is 0 Å². The first-order valence-electron chi connectivity index (χ1n) is 15.9. The lowest BCUT2D eigenvalue weighted by atomic mass is 9.81. The van der Waals surface area contributed by atoms with Crippen LogP contribution in [0.4, 0.5) is 0 Å². The van der Waals surface area contributed by atoms with E-state index in [9.17, 15) is 0 Å². The van der Waals surface area contributed by atoms with Crippen LogP contribution in [-0.4, -0.2) is 0 Å². The van der Waals surface area contributed by atoms with E-state index in [4.69, 9.17) is 0 Å². The third-order valence-corrected chi connectivity index (χ3v) is 10.6. The van der Waals surface area contributed by atoms with Crippen molar-refractivity contribution in [2.45, 2.75) is 19.3 Å². The molecule has 210 valence electrons. The zero-order chi connectivity index (χ0) is 29.9. The first kappa shape index (κ1) is 24.9. The molecule has 0 heteroatoms. The van der Waals surface area contributed by atoms with Gasteiger partial charge in [-0.25, -0.2) is 0 Å². The van der Waals surface area contributed by atoms with Gasteiger partial charge in [0.1, 0.15) is 0 Å². The molecule has 0 unspecified atom stereocenters. The molecule has 0 fully saturated rings. The summed E-state index contributed by atoms with van der Waals surface area (Å²) in [4.78, 5) is 0. The lowest BCUT2D eigenvalue weighted by Crippen LogP contribution is -2.15. The Morgan fingerprint density at radius 3 is 1.73 bits per heavy atom. The molecule has 0 aliphatic heterocycles. The van der Waals surface area contributed by atoms with Crippen molar-refractivity contribution in [1.29, 1.82) is 0 Å². The Hall–Kier alpha value is -5.46. The standard InChI is InChI=1S/C45H30/c1-45(2)41-26-34(19-21-37(41)40-23-31-7-3-4-8-32(31)25-42(40)45)35-12-6-9-27-13-16-33(24-39(27)35)36-20-17-30-15-14-28-10-5-11-29-18-22-38(36)44(30)43(28)29/h3-26H,1-2H3. The minimum Gasteiger partial charge on any atom is -0.0616 e. The summed E-state index contributed by atoms with van der Waals surface area (Å²) in [7, 11) is 0.